The molecule has 0 aliphatic carbocycles. The van der Waals surface area contributed by atoms with Gasteiger partial charge in [0.05, 0.1) is 0 Å². The van der Waals surface area contributed by atoms with Gasteiger partial charge in [-0.15, -0.1) is 0 Å². The van der Waals surface area contributed by atoms with Crippen molar-refractivity contribution >= 4 is 34.3 Å². The molecule has 3 nitrogen and oxygen atoms in total. The zero-order valence-corrected chi connectivity index (χ0v) is 6.80. The Balaban J connectivity index is 2.47. The van der Waals surface area contributed by atoms with E-state index in [4.69, 9.17) is 17.3 Å². The van der Waals surface area contributed by atoms with E-state index in [1.54, 1.807) is 0 Å². The first kappa shape index (κ1) is 7.81. The van der Waals surface area contributed by atoms with Gasteiger partial charge < -0.3 is 10.4 Å². The lowest BCUT2D eigenvalue weighted by Gasteiger charge is -2.20. The molecule has 0 radical (unpaired) electrons. The first-order valence-corrected chi connectivity index (χ1v) is 4.25. The molecule has 1 saturated heterocycles. The third-order valence-electron chi connectivity index (χ3n) is 1.23. The van der Waals surface area contributed by atoms with Gasteiger partial charge in [0.25, 0.3) is 0 Å². The van der Waals surface area contributed by atoms with Gasteiger partial charge in [-0.05, 0) is 6.42 Å². The number of rotatable bonds is 1. The predicted octanol–water partition coefficient (Wildman–Crippen LogP) is 0.451. The second kappa shape index (κ2) is 3.21. The molecule has 0 spiro atoms. The van der Waals surface area contributed by atoms with E-state index in [1.165, 1.54) is 11.8 Å². The van der Waals surface area contributed by atoms with Crippen molar-refractivity contribution in [1.82, 2.24) is 5.32 Å². The SMILES string of the molecule is O=C(O)C1CCSC(=S)N1. The fourth-order valence-corrected chi connectivity index (χ4v) is 1.87. The molecule has 56 valence electrons. The summed E-state index contributed by atoms with van der Waals surface area (Å²) in [4.78, 5) is 10.4. The van der Waals surface area contributed by atoms with Gasteiger partial charge in [-0.25, -0.2) is 4.79 Å². The Morgan fingerprint density at radius 1 is 1.90 bits per heavy atom. The number of thiocarbonyl (C=S) groups is 1. The summed E-state index contributed by atoms with van der Waals surface area (Å²) >= 11 is 6.29. The van der Waals surface area contributed by atoms with Crippen LogP contribution in [0.4, 0.5) is 0 Å². The minimum absolute atomic E-state index is 0.464. The molecule has 1 fully saturated rings. The number of hydrogen-bond acceptors (Lipinski definition) is 3. The fourth-order valence-electron chi connectivity index (χ4n) is 0.711. The largest absolute Gasteiger partial charge is 0.480 e. The number of carboxylic acids is 1. The molecule has 0 saturated carbocycles. The van der Waals surface area contributed by atoms with Crippen molar-refractivity contribution in [1.29, 1.82) is 0 Å². The highest BCUT2D eigenvalue weighted by molar-refractivity contribution is 8.23. The van der Waals surface area contributed by atoms with Gasteiger partial charge in [0, 0.05) is 5.75 Å². The Morgan fingerprint density at radius 3 is 3.00 bits per heavy atom. The molecular formula is C5H7NO2S2. The summed E-state index contributed by atoms with van der Waals surface area (Å²) in [6.07, 6.45) is 0.653. The van der Waals surface area contributed by atoms with Crippen molar-refractivity contribution in [3.63, 3.8) is 0 Å². The third-order valence-corrected chi connectivity index (χ3v) is 2.52. The van der Waals surface area contributed by atoms with E-state index in [1.807, 2.05) is 0 Å². The van der Waals surface area contributed by atoms with E-state index in [9.17, 15) is 4.79 Å². The molecule has 1 heterocycles. The number of nitrogens with one attached hydrogen (secondary N) is 1. The van der Waals surface area contributed by atoms with E-state index in [0.717, 1.165) is 5.75 Å². The van der Waals surface area contributed by atoms with E-state index in [0.29, 0.717) is 10.7 Å². The number of carbonyl (C=O) groups is 1. The lowest BCUT2D eigenvalue weighted by Crippen LogP contribution is -2.42. The maximum Gasteiger partial charge on any atom is 0.326 e. The monoisotopic (exact) mass is 177 g/mol. The minimum Gasteiger partial charge on any atom is -0.480 e. The Kier molecular flexibility index (Phi) is 2.50. The molecule has 1 rings (SSSR count). The van der Waals surface area contributed by atoms with Crippen molar-refractivity contribution in [3.05, 3.63) is 0 Å². The number of hydrogen-bond donors (Lipinski definition) is 2. The summed E-state index contributed by atoms with van der Waals surface area (Å²) in [5.41, 5.74) is 0. The summed E-state index contributed by atoms with van der Waals surface area (Å²) < 4.78 is 0.596. The number of carboxylic acid groups (broad SMARTS) is 1. The van der Waals surface area contributed by atoms with Crippen LogP contribution in [0.15, 0.2) is 0 Å². The average molecular weight is 177 g/mol. The van der Waals surface area contributed by atoms with Crippen LogP contribution in [0.3, 0.4) is 0 Å². The summed E-state index contributed by atoms with van der Waals surface area (Å²) in [5.74, 6) is -0.00866. The first-order chi connectivity index (χ1) is 4.70. The Morgan fingerprint density at radius 2 is 2.60 bits per heavy atom. The summed E-state index contributed by atoms with van der Waals surface area (Å²) in [6.45, 7) is 0. The van der Waals surface area contributed by atoms with Crippen LogP contribution in [-0.4, -0.2) is 27.2 Å². The molecule has 0 aromatic heterocycles. The molecule has 0 aromatic rings. The van der Waals surface area contributed by atoms with E-state index in [2.05, 4.69) is 5.32 Å². The number of aliphatic carboxylic acids is 1. The second-order valence-corrected chi connectivity index (χ2v) is 3.73. The molecule has 0 aromatic carbocycles. The van der Waals surface area contributed by atoms with Gasteiger partial charge in [-0.2, -0.15) is 0 Å². The van der Waals surface area contributed by atoms with E-state index in [-0.39, 0.29) is 0 Å². The normalized spacial score (nSPS) is 25.6. The molecule has 2 N–H and O–H groups in total. The van der Waals surface area contributed by atoms with Crippen LogP contribution in [0.2, 0.25) is 0 Å². The van der Waals surface area contributed by atoms with Gasteiger partial charge in [-0.3, -0.25) is 0 Å². The molecule has 1 unspecified atom stereocenters. The predicted molar refractivity (Wildman–Crippen MR) is 44.2 cm³/mol. The highest BCUT2D eigenvalue weighted by atomic mass is 32.2. The molecule has 1 aliphatic heterocycles. The maximum absolute atomic E-state index is 10.4. The third kappa shape index (κ3) is 1.85. The molecule has 10 heavy (non-hydrogen) atoms. The first-order valence-electron chi connectivity index (χ1n) is 2.86. The lowest BCUT2D eigenvalue weighted by molar-refractivity contribution is -0.139. The quantitative estimate of drug-likeness (QED) is 0.570. The molecule has 0 amide bonds. The van der Waals surface area contributed by atoms with Crippen molar-refractivity contribution < 1.29 is 9.90 Å². The Labute approximate surface area is 68.2 Å². The zero-order valence-electron chi connectivity index (χ0n) is 5.16. The maximum atomic E-state index is 10.4. The molecular weight excluding hydrogens is 170 g/mol. The van der Waals surface area contributed by atoms with Crippen LogP contribution in [0.5, 0.6) is 0 Å². The van der Waals surface area contributed by atoms with Crippen molar-refractivity contribution in [2.45, 2.75) is 12.5 Å². The van der Waals surface area contributed by atoms with Crippen LogP contribution in [-0.2, 0) is 4.79 Å². The van der Waals surface area contributed by atoms with E-state index >= 15 is 0 Å². The summed E-state index contributed by atoms with van der Waals surface area (Å²) in [6, 6.07) is -0.464. The minimum atomic E-state index is -0.817. The Hall–Kier alpha value is -0.290. The second-order valence-electron chi connectivity index (χ2n) is 1.96. The van der Waals surface area contributed by atoms with Crippen LogP contribution in [0.1, 0.15) is 6.42 Å². The van der Waals surface area contributed by atoms with Crippen molar-refractivity contribution in [2.75, 3.05) is 5.75 Å². The smallest absolute Gasteiger partial charge is 0.326 e. The average Bonchev–Trinajstić information content (AvgIpc) is 1.88. The molecule has 0 bridgehead atoms. The van der Waals surface area contributed by atoms with Crippen molar-refractivity contribution in [3.8, 4) is 0 Å². The number of thioether (sulfide) groups is 1. The van der Waals surface area contributed by atoms with E-state index < -0.39 is 12.0 Å². The summed E-state index contributed by atoms with van der Waals surface area (Å²) in [7, 11) is 0. The molecule has 5 heteroatoms. The van der Waals surface area contributed by atoms with Gasteiger partial charge >= 0.3 is 5.97 Å². The van der Waals surface area contributed by atoms with Crippen LogP contribution in [0.25, 0.3) is 0 Å². The van der Waals surface area contributed by atoms with Gasteiger partial charge in [0.1, 0.15) is 10.4 Å². The van der Waals surface area contributed by atoms with Crippen LogP contribution in [0, 0.1) is 0 Å². The van der Waals surface area contributed by atoms with Gasteiger partial charge in [-0.1, -0.05) is 24.0 Å². The summed E-state index contributed by atoms with van der Waals surface area (Å²) in [5, 5.41) is 11.2. The lowest BCUT2D eigenvalue weighted by atomic mass is 10.2. The van der Waals surface area contributed by atoms with Crippen molar-refractivity contribution in [2.24, 2.45) is 0 Å². The zero-order chi connectivity index (χ0) is 7.56. The standard InChI is InChI=1S/C5H7NO2S2/c7-4(8)3-1-2-10-5(9)6-3/h3H,1-2H2,(H,6,9)(H,7,8). The fraction of sp³-hybridized carbons (Fsp3) is 0.600. The topological polar surface area (TPSA) is 49.3 Å². The van der Waals surface area contributed by atoms with Crippen LogP contribution < -0.4 is 5.32 Å². The van der Waals surface area contributed by atoms with Gasteiger partial charge in [0.2, 0.25) is 0 Å². The molecule has 1 atom stereocenters. The molecule has 1 aliphatic rings. The highest BCUT2D eigenvalue weighted by Crippen LogP contribution is 2.13. The highest BCUT2D eigenvalue weighted by Gasteiger charge is 2.21. The van der Waals surface area contributed by atoms with Gasteiger partial charge in [0.15, 0.2) is 0 Å². The Bertz CT molecular complexity index is 169. The van der Waals surface area contributed by atoms with Crippen LogP contribution >= 0.6 is 24.0 Å².